The second-order valence-electron chi connectivity index (χ2n) is 17.1. The van der Waals surface area contributed by atoms with Crippen LogP contribution in [0.1, 0.15) is 0 Å². The molecule has 0 unspecified atom stereocenters. The van der Waals surface area contributed by atoms with E-state index in [2.05, 4.69) is 223 Å². The zero-order chi connectivity index (χ0) is 43.3. The SMILES string of the molecule is c1ccc2cc3c(cc2c1)c1c2ccccc2ccc1n3-c1ccc(-c2nc(-c3cccc4ccccc34)nc(-c3cccc4ccccc34)n2)c(-c2ccc3c(c2)sc2ccccc23)c1. The highest BCUT2D eigenvalue weighted by atomic mass is 32.1. The summed E-state index contributed by atoms with van der Waals surface area (Å²) in [5.41, 5.74) is 8.39. The summed E-state index contributed by atoms with van der Waals surface area (Å²) in [4.78, 5) is 16.2. The summed E-state index contributed by atoms with van der Waals surface area (Å²) in [5.74, 6) is 1.89. The van der Waals surface area contributed by atoms with Gasteiger partial charge in [0.15, 0.2) is 17.5 Å². The van der Waals surface area contributed by atoms with E-state index in [0.29, 0.717) is 17.5 Å². The highest BCUT2D eigenvalue weighted by Gasteiger charge is 2.22. The van der Waals surface area contributed by atoms with E-state index in [0.717, 1.165) is 66.1 Å². The second-order valence-corrected chi connectivity index (χ2v) is 18.2. The zero-order valence-electron chi connectivity index (χ0n) is 35.5. The summed E-state index contributed by atoms with van der Waals surface area (Å²) < 4.78 is 4.97. The number of hydrogen-bond donors (Lipinski definition) is 0. The first-order valence-electron chi connectivity index (χ1n) is 22.3. The van der Waals surface area contributed by atoms with Crippen LogP contribution >= 0.6 is 11.3 Å². The van der Waals surface area contributed by atoms with Crippen molar-refractivity contribution in [2.45, 2.75) is 0 Å². The van der Waals surface area contributed by atoms with E-state index >= 15 is 0 Å². The van der Waals surface area contributed by atoms with Crippen LogP contribution in [0.25, 0.3) is 136 Å². The van der Waals surface area contributed by atoms with Crippen LogP contribution in [0.3, 0.4) is 0 Å². The van der Waals surface area contributed by atoms with Crippen LogP contribution in [-0.2, 0) is 0 Å². The lowest BCUT2D eigenvalue weighted by Gasteiger charge is -2.16. The largest absolute Gasteiger partial charge is 0.309 e. The molecule has 0 bridgehead atoms. The molecule has 0 N–H and O–H groups in total. The van der Waals surface area contributed by atoms with Crippen molar-refractivity contribution in [3.8, 4) is 51.0 Å². The Labute approximate surface area is 383 Å². The molecule has 0 aliphatic heterocycles. The maximum absolute atomic E-state index is 5.45. The van der Waals surface area contributed by atoms with Gasteiger partial charge in [0.05, 0.1) is 11.0 Å². The minimum absolute atomic E-state index is 0.619. The van der Waals surface area contributed by atoms with Gasteiger partial charge in [-0.2, -0.15) is 0 Å². The molecule has 0 atom stereocenters. The van der Waals surface area contributed by atoms with Crippen LogP contribution in [0.5, 0.6) is 0 Å². The fourth-order valence-corrected chi connectivity index (χ4v) is 11.5. The first kappa shape index (κ1) is 36.9. The number of rotatable bonds is 5. The highest BCUT2D eigenvalue weighted by molar-refractivity contribution is 7.25. The summed E-state index contributed by atoms with van der Waals surface area (Å²) >= 11 is 1.84. The van der Waals surface area contributed by atoms with Crippen LogP contribution in [0.2, 0.25) is 0 Å². The van der Waals surface area contributed by atoms with Crippen LogP contribution in [0, 0.1) is 0 Å². The summed E-state index contributed by atoms with van der Waals surface area (Å²) in [6.45, 7) is 0. The van der Waals surface area contributed by atoms with Gasteiger partial charge in [0.2, 0.25) is 0 Å². The normalized spacial score (nSPS) is 11.9. The van der Waals surface area contributed by atoms with E-state index in [9.17, 15) is 0 Å². The highest BCUT2D eigenvalue weighted by Crippen LogP contribution is 2.43. The van der Waals surface area contributed by atoms with Gasteiger partial charge in [-0.1, -0.05) is 170 Å². The fourth-order valence-electron chi connectivity index (χ4n) is 10.3. The summed E-state index contributed by atoms with van der Waals surface area (Å²) in [7, 11) is 0. The Bertz CT molecular complexity index is 4200. The van der Waals surface area contributed by atoms with E-state index in [1.807, 2.05) is 11.3 Å². The Morgan fingerprint density at radius 2 is 0.848 bits per heavy atom. The van der Waals surface area contributed by atoms with Crippen molar-refractivity contribution in [2.75, 3.05) is 0 Å². The molecule has 14 rings (SSSR count). The van der Waals surface area contributed by atoms with Gasteiger partial charge < -0.3 is 4.57 Å². The van der Waals surface area contributed by atoms with Crippen LogP contribution in [0.15, 0.2) is 218 Å². The average Bonchev–Trinajstić information content (AvgIpc) is 3.92. The molecule has 0 aliphatic rings. The quantitative estimate of drug-likeness (QED) is 0.173. The first-order chi connectivity index (χ1) is 32.7. The molecule has 0 radical (unpaired) electrons. The molecule has 66 heavy (non-hydrogen) atoms. The molecule has 0 aliphatic carbocycles. The van der Waals surface area contributed by atoms with E-state index in [1.165, 1.54) is 52.5 Å². The molecule has 3 aromatic heterocycles. The second kappa shape index (κ2) is 14.5. The molecule has 3 heterocycles. The van der Waals surface area contributed by atoms with Crippen molar-refractivity contribution < 1.29 is 0 Å². The number of nitrogens with zero attached hydrogens (tertiary/aromatic N) is 4. The first-order valence-corrected chi connectivity index (χ1v) is 23.2. The third-order valence-electron chi connectivity index (χ3n) is 13.4. The third kappa shape index (κ3) is 5.74. The minimum atomic E-state index is 0.619. The number of hydrogen-bond acceptors (Lipinski definition) is 4. The van der Waals surface area contributed by atoms with Crippen molar-refractivity contribution >= 4 is 96.4 Å². The summed E-state index contributed by atoms with van der Waals surface area (Å²) in [6.07, 6.45) is 0. The molecule has 14 aromatic rings. The Kier molecular flexibility index (Phi) is 8.12. The van der Waals surface area contributed by atoms with E-state index in [4.69, 9.17) is 15.0 Å². The van der Waals surface area contributed by atoms with Crippen molar-refractivity contribution in [3.05, 3.63) is 218 Å². The standard InChI is InChI=1S/C61H36N4S/c1-2-17-41-34-55-53(33-40(41)16-1)58-46-22-8-5-15-39(46)28-32-54(58)65(55)43-29-31-51(52(36-43)42-27-30-48-47-23-9-10-26-56(47)66-57(48)35-42)61-63-59(49-24-11-18-37-13-3-6-20-44(37)49)62-60(64-61)50-25-12-19-38-14-4-7-21-45(38)50/h1-36H. The molecular weight excluding hydrogens is 821 g/mol. The maximum Gasteiger partial charge on any atom is 0.164 e. The predicted octanol–water partition coefficient (Wildman–Crippen LogP) is 16.6. The van der Waals surface area contributed by atoms with Gasteiger partial charge in [0.1, 0.15) is 0 Å². The van der Waals surface area contributed by atoms with Gasteiger partial charge in [-0.15, -0.1) is 11.3 Å². The molecule has 0 amide bonds. The van der Waals surface area contributed by atoms with Crippen molar-refractivity contribution in [2.24, 2.45) is 0 Å². The van der Waals surface area contributed by atoms with Gasteiger partial charge in [0.25, 0.3) is 0 Å². The Morgan fingerprint density at radius 3 is 1.55 bits per heavy atom. The lowest BCUT2D eigenvalue weighted by Crippen LogP contribution is -2.03. The monoisotopic (exact) mass is 856 g/mol. The van der Waals surface area contributed by atoms with E-state index in [-0.39, 0.29) is 0 Å². The number of aromatic nitrogens is 4. The molecule has 11 aromatic carbocycles. The molecule has 5 heteroatoms. The van der Waals surface area contributed by atoms with Gasteiger partial charge >= 0.3 is 0 Å². The third-order valence-corrected chi connectivity index (χ3v) is 14.5. The van der Waals surface area contributed by atoms with Crippen molar-refractivity contribution in [1.82, 2.24) is 19.5 Å². The van der Waals surface area contributed by atoms with Crippen LogP contribution in [0.4, 0.5) is 0 Å². The number of fused-ring (bicyclic) bond motifs is 11. The summed E-state index contributed by atoms with van der Waals surface area (Å²) in [5, 5.41) is 14.4. The lowest BCUT2D eigenvalue weighted by molar-refractivity contribution is 1.08. The maximum atomic E-state index is 5.45. The van der Waals surface area contributed by atoms with Gasteiger partial charge in [-0.3, -0.25) is 0 Å². The molecular formula is C61H36N4S. The number of benzene rings is 11. The van der Waals surface area contributed by atoms with Crippen molar-refractivity contribution in [1.29, 1.82) is 0 Å². The van der Waals surface area contributed by atoms with Gasteiger partial charge in [-0.05, 0) is 103 Å². The van der Waals surface area contributed by atoms with Gasteiger partial charge in [-0.25, -0.2) is 15.0 Å². The molecule has 0 spiro atoms. The summed E-state index contributed by atoms with van der Waals surface area (Å²) in [6, 6.07) is 78.8. The molecule has 4 nitrogen and oxygen atoms in total. The van der Waals surface area contributed by atoms with Crippen molar-refractivity contribution in [3.63, 3.8) is 0 Å². The van der Waals surface area contributed by atoms with E-state index < -0.39 is 0 Å². The molecule has 0 saturated heterocycles. The van der Waals surface area contributed by atoms with Crippen LogP contribution in [-0.4, -0.2) is 19.5 Å². The fraction of sp³-hybridized carbons (Fsp3) is 0. The topological polar surface area (TPSA) is 43.6 Å². The van der Waals surface area contributed by atoms with Gasteiger partial charge in [0, 0.05) is 53.3 Å². The Balaban J connectivity index is 1.07. The molecule has 306 valence electrons. The van der Waals surface area contributed by atoms with Crippen LogP contribution < -0.4 is 0 Å². The Hall–Kier alpha value is -8.51. The molecule has 0 fully saturated rings. The average molecular weight is 857 g/mol. The predicted molar refractivity (Wildman–Crippen MR) is 279 cm³/mol. The lowest BCUT2D eigenvalue weighted by atomic mass is 9.96. The van der Waals surface area contributed by atoms with E-state index in [1.54, 1.807) is 0 Å². The number of thiophene rings is 1. The zero-order valence-corrected chi connectivity index (χ0v) is 36.3. The Morgan fingerprint density at radius 1 is 0.303 bits per heavy atom. The molecule has 0 saturated carbocycles. The smallest absolute Gasteiger partial charge is 0.164 e. The minimum Gasteiger partial charge on any atom is -0.309 e.